The third-order valence-electron chi connectivity index (χ3n) is 0.937. The van der Waals surface area contributed by atoms with Crippen molar-refractivity contribution in [3.63, 3.8) is 0 Å². The molecule has 0 aromatic heterocycles. The molecular formula is C6H12AuBrNOS. The molecule has 0 spiro atoms. The van der Waals surface area contributed by atoms with Crippen LogP contribution in [0.25, 0.3) is 0 Å². The first-order valence-corrected chi connectivity index (χ1v) is 4.49. The van der Waals surface area contributed by atoms with E-state index in [4.69, 9.17) is 0 Å². The zero-order valence-electron chi connectivity index (χ0n) is 6.45. The van der Waals surface area contributed by atoms with E-state index in [0.717, 1.165) is 0 Å². The van der Waals surface area contributed by atoms with Gasteiger partial charge in [-0.05, 0) is 13.8 Å². The molecule has 0 heterocycles. The molecule has 0 fully saturated rings. The smallest absolute Gasteiger partial charge is 0.236 e. The molecule has 0 rings (SSSR count). The van der Waals surface area contributed by atoms with Crippen molar-refractivity contribution >= 4 is 34.5 Å². The Kier molecular flexibility index (Phi) is 8.66. The Labute approximate surface area is 96.9 Å². The average molecular weight is 423 g/mol. The van der Waals surface area contributed by atoms with Crippen molar-refractivity contribution in [2.75, 3.05) is 12.3 Å². The number of carbonyl (C=O) groups is 1. The van der Waals surface area contributed by atoms with E-state index in [1.807, 2.05) is 0 Å². The third-order valence-corrected chi connectivity index (χ3v) is 1.52. The van der Waals surface area contributed by atoms with E-state index in [-0.39, 0.29) is 28.3 Å². The van der Waals surface area contributed by atoms with Gasteiger partial charge in [-0.3, -0.25) is 4.79 Å². The molecule has 0 aliphatic heterocycles. The van der Waals surface area contributed by atoms with Gasteiger partial charge in [0.15, 0.2) is 0 Å². The van der Waals surface area contributed by atoms with Crippen molar-refractivity contribution < 1.29 is 27.2 Å². The number of amides is 1. The topological polar surface area (TPSA) is 29.1 Å². The summed E-state index contributed by atoms with van der Waals surface area (Å²) in [4.78, 5) is 11.0. The van der Waals surface area contributed by atoms with Gasteiger partial charge < -0.3 is 5.32 Å². The normalized spacial score (nSPS) is 10.2. The predicted molar refractivity (Wildman–Crippen MR) is 49.9 cm³/mol. The van der Waals surface area contributed by atoms with Crippen LogP contribution in [0.3, 0.4) is 0 Å². The summed E-state index contributed by atoms with van der Waals surface area (Å²) in [7, 11) is 0. The molecule has 2 nitrogen and oxygen atoms in total. The van der Waals surface area contributed by atoms with E-state index in [1.54, 1.807) is 13.8 Å². The fourth-order valence-corrected chi connectivity index (χ4v) is 0.632. The molecular weight excluding hydrogens is 411 g/mol. The molecule has 0 aliphatic rings. The summed E-state index contributed by atoms with van der Waals surface area (Å²) < 4.78 is -0.462. The van der Waals surface area contributed by atoms with Crippen LogP contribution in [-0.4, -0.2) is 22.5 Å². The summed E-state index contributed by atoms with van der Waals surface area (Å²) >= 11 is 7.20. The number of rotatable bonds is 3. The van der Waals surface area contributed by atoms with Crippen molar-refractivity contribution in [1.82, 2.24) is 5.32 Å². The molecule has 0 aromatic carbocycles. The molecule has 0 bridgehead atoms. The Hall–Kier alpha value is 1.04. The Bertz CT molecular complexity index is 126. The van der Waals surface area contributed by atoms with Gasteiger partial charge in [0.05, 0.1) is 4.32 Å². The largest absolute Gasteiger partial charge is 0.354 e. The van der Waals surface area contributed by atoms with Crippen LogP contribution in [0.4, 0.5) is 0 Å². The van der Waals surface area contributed by atoms with Crippen LogP contribution in [-0.2, 0) is 27.2 Å². The van der Waals surface area contributed by atoms with Crippen LogP contribution in [0, 0.1) is 0 Å². The predicted octanol–water partition coefficient (Wildman–Crippen LogP) is 1.20. The van der Waals surface area contributed by atoms with Gasteiger partial charge in [0.25, 0.3) is 0 Å². The van der Waals surface area contributed by atoms with Gasteiger partial charge in [-0.15, -0.1) is 0 Å². The summed E-state index contributed by atoms with van der Waals surface area (Å²) in [5, 5.41) is 2.71. The first-order chi connectivity index (χ1) is 4.48. The van der Waals surface area contributed by atoms with Crippen LogP contribution >= 0.6 is 28.6 Å². The number of halogens is 1. The fraction of sp³-hybridized carbons (Fsp3) is 0.833. The van der Waals surface area contributed by atoms with Gasteiger partial charge in [0.2, 0.25) is 5.91 Å². The molecule has 0 saturated heterocycles. The van der Waals surface area contributed by atoms with Gasteiger partial charge in [0.1, 0.15) is 0 Å². The summed E-state index contributed by atoms with van der Waals surface area (Å²) in [6, 6.07) is 0. The van der Waals surface area contributed by atoms with Crippen molar-refractivity contribution in [2.45, 2.75) is 18.2 Å². The molecule has 5 heteroatoms. The minimum atomic E-state index is -0.462. The second-order valence-corrected chi connectivity index (χ2v) is 4.88. The maximum Gasteiger partial charge on any atom is 0.236 e. The Morgan fingerprint density at radius 1 is 1.64 bits per heavy atom. The van der Waals surface area contributed by atoms with Crippen LogP contribution in [0.2, 0.25) is 0 Å². The van der Waals surface area contributed by atoms with Crippen molar-refractivity contribution in [3.8, 4) is 0 Å². The molecule has 1 radical (unpaired) electrons. The number of alkyl halides is 1. The van der Waals surface area contributed by atoms with Gasteiger partial charge in [-0.1, -0.05) is 15.9 Å². The van der Waals surface area contributed by atoms with Crippen molar-refractivity contribution in [3.05, 3.63) is 0 Å². The van der Waals surface area contributed by atoms with Crippen molar-refractivity contribution in [2.24, 2.45) is 0 Å². The van der Waals surface area contributed by atoms with E-state index >= 15 is 0 Å². The Morgan fingerprint density at radius 3 is 2.36 bits per heavy atom. The van der Waals surface area contributed by atoms with Gasteiger partial charge in [0, 0.05) is 34.7 Å². The fourth-order valence-electron chi connectivity index (χ4n) is 0.380. The quantitative estimate of drug-likeness (QED) is 0.399. The van der Waals surface area contributed by atoms with Crippen LogP contribution in [0.1, 0.15) is 13.8 Å². The first-order valence-electron chi connectivity index (χ1n) is 3.06. The third kappa shape index (κ3) is 7.40. The summed E-state index contributed by atoms with van der Waals surface area (Å²) in [6.07, 6.45) is 0. The Morgan fingerprint density at radius 2 is 2.09 bits per heavy atom. The van der Waals surface area contributed by atoms with Gasteiger partial charge >= 0.3 is 0 Å². The summed E-state index contributed by atoms with van der Waals surface area (Å²) in [5.74, 6) is 0.677. The second-order valence-electron chi connectivity index (χ2n) is 2.45. The maximum atomic E-state index is 11.0. The molecule has 0 aliphatic carbocycles. The second kappa shape index (κ2) is 6.54. The van der Waals surface area contributed by atoms with E-state index < -0.39 is 4.32 Å². The molecule has 0 saturated carbocycles. The van der Waals surface area contributed by atoms with E-state index in [1.165, 1.54) is 0 Å². The number of thiol groups is 1. The zero-order valence-corrected chi connectivity index (χ0v) is 11.1. The molecule has 0 aromatic rings. The van der Waals surface area contributed by atoms with Crippen LogP contribution in [0.15, 0.2) is 0 Å². The van der Waals surface area contributed by atoms with Gasteiger partial charge in [-0.25, -0.2) is 0 Å². The van der Waals surface area contributed by atoms with E-state index in [0.29, 0.717) is 12.3 Å². The number of nitrogens with one attached hydrogen (secondary N) is 1. The van der Waals surface area contributed by atoms with E-state index in [2.05, 4.69) is 33.9 Å². The standard InChI is InChI=1S/C6H12BrNOS.Au/c1-6(2,7)5(9)8-3-4-10;/h10H,3-4H2,1-2H3,(H,8,9);. The molecule has 0 unspecified atom stereocenters. The minimum absolute atomic E-state index is 0. The van der Waals surface area contributed by atoms with Crippen LogP contribution in [0.5, 0.6) is 0 Å². The molecule has 1 N–H and O–H groups in total. The first kappa shape index (κ1) is 14.6. The number of carbonyl (C=O) groups excluding carboxylic acids is 1. The SMILES string of the molecule is CC(C)(Br)C(=O)NCCS.[Au]. The van der Waals surface area contributed by atoms with E-state index in [9.17, 15) is 4.79 Å². The van der Waals surface area contributed by atoms with Crippen LogP contribution < -0.4 is 5.32 Å². The van der Waals surface area contributed by atoms with Crippen molar-refractivity contribution in [1.29, 1.82) is 0 Å². The summed E-state index contributed by atoms with van der Waals surface area (Å²) in [6.45, 7) is 4.23. The summed E-state index contributed by atoms with van der Waals surface area (Å²) in [5.41, 5.74) is 0. The maximum absolute atomic E-state index is 11.0. The molecule has 11 heavy (non-hydrogen) atoms. The molecule has 71 valence electrons. The minimum Gasteiger partial charge on any atom is -0.354 e. The zero-order chi connectivity index (χ0) is 8.20. The molecule has 0 atom stereocenters. The molecule has 1 amide bonds. The number of hydrogen-bond donors (Lipinski definition) is 2. The monoisotopic (exact) mass is 422 g/mol. The average Bonchev–Trinajstić information content (AvgIpc) is 1.80. The van der Waals surface area contributed by atoms with Gasteiger partial charge in [-0.2, -0.15) is 12.6 Å². The number of hydrogen-bond acceptors (Lipinski definition) is 2. The Balaban J connectivity index is 0.